The molecule has 0 bridgehead atoms. The van der Waals surface area contributed by atoms with E-state index in [1.165, 1.54) is 17.9 Å². The lowest BCUT2D eigenvalue weighted by atomic mass is 10.1. The smallest absolute Gasteiger partial charge is 0.341 e. The quantitative estimate of drug-likeness (QED) is 0.592. The number of nitrogens with one attached hydrogen (secondary N) is 1. The van der Waals surface area contributed by atoms with E-state index in [0.717, 1.165) is 11.3 Å². The highest BCUT2D eigenvalue weighted by atomic mass is 35.5. The van der Waals surface area contributed by atoms with Crippen LogP contribution in [0.15, 0.2) is 18.2 Å². The summed E-state index contributed by atoms with van der Waals surface area (Å²) in [7, 11) is 3.21. The molecule has 162 valence electrons. The largest absolute Gasteiger partial charge is 0.479 e. The van der Waals surface area contributed by atoms with Crippen LogP contribution in [0.25, 0.3) is 0 Å². The summed E-state index contributed by atoms with van der Waals surface area (Å²) in [6, 6.07) is 4.65. The van der Waals surface area contributed by atoms with Crippen molar-refractivity contribution in [1.82, 2.24) is 4.90 Å². The second-order valence-corrected chi connectivity index (χ2v) is 8.37. The molecule has 30 heavy (non-hydrogen) atoms. The molecule has 1 N–H and O–H groups in total. The van der Waals surface area contributed by atoms with Crippen molar-refractivity contribution in [2.45, 2.75) is 26.9 Å². The lowest BCUT2D eigenvalue weighted by molar-refractivity contribution is -0.122. The molecular formula is C20H22Cl2N2O5S. The SMILES string of the molecule is CCOC(=O)c1c(NC(=O)C(C)Oc2ccc(Cl)cc2Cl)sc(C(=O)N(C)C)c1C. The minimum absolute atomic E-state index is 0.150. The molecule has 1 heterocycles. The number of amides is 2. The third-order valence-corrected chi connectivity index (χ3v) is 5.76. The zero-order chi connectivity index (χ0) is 22.6. The Balaban J connectivity index is 2.30. The average molecular weight is 473 g/mol. The standard InChI is InChI=1S/C20H22Cl2N2O5S/c1-6-28-20(27)15-10(2)16(19(26)24(4)5)30-18(15)23-17(25)11(3)29-14-8-7-12(21)9-13(14)22/h7-9,11H,6H2,1-5H3,(H,23,25). The minimum Gasteiger partial charge on any atom is -0.479 e. The van der Waals surface area contributed by atoms with Crippen molar-refractivity contribution in [3.63, 3.8) is 0 Å². The van der Waals surface area contributed by atoms with Crippen LogP contribution in [0, 0.1) is 6.92 Å². The Morgan fingerprint density at radius 1 is 1.23 bits per heavy atom. The predicted octanol–water partition coefficient (Wildman–Crippen LogP) is 4.65. The van der Waals surface area contributed by atoms with Crippen molar-refractivity contribution < 1.29 is 23.9 Å². The zero-order valence-electron chi connectivity index (χ0n) is 17.2. The van der Waals surface area contributed by atoms with E-state index in [9.17, 15) is 14.4 Å². The van der Waals surface area contributed by atoms with Gasteiger partial charge in [0.15, 0.2) is 6.10 Å². The molecule has 1 atom stereocenters. The molecule has 7 nitrogen and oxygen atoms in total. The average Bonchev–Trinajstić information content (AvgIpc) is 2.99. The van der Waals surface area contributed by atoms with Crippen LogP contribution in [0.3, 0.4) is 0 Å². The Labute approximate surface area is 188 Å². The lowest BCUT2D eigenvalue weighted by Gasteiger charge is -2.16. The normalized spacial score (nSPS) is 11.6. The van der Waals surface area contributed by atoms with Crippen LogP contribution < -0.4 is 10.1 Å². The van der Waals surface area contributed by atoms with E-state index in [1.54, 1.807) is 40.1 Å². The number of nitrogens with zero attached hydrogens (tertiary/aromatic N) is 1. The molecule has 0 aliphatic carbocycles. The van der Waals surface area contributed by atoms with Gasteiger partial charge in [-0.3, -0.25) is 9.59 Å². The van der Waals surface area contributed by atoms with Gasteiger partial charge >= 0.3 is 5.97 Å². The van der Waals surface area contributed by atoms with Gasteiger partial charge in [-0.1, -0.05) is 23.2 Å². The fourth-order valence-electron chi connectivity index (χ4n) is 2.49. The number of benzene rings is 1. The summed E-state index contributed by atoms with van der Waals surface area (Å²) in [5, 5.41) is 3.60. The number of halogens is 2. The van der Waals surface area contributed by atoms with Crippen LogP contribution in [0.2, 0.25) is 10.0 Å². The molecule has 1 unspecified atom stereocenters. The van der Waals surface area contributed by atoms with E-state index in [1.807, 2.05) is 0 Å². The van der Waals surface area contributed by atoms with Crippen molar-refractivity contribution in [2.24, 2.45) is 0 Å². The van der Waals surface area contributed by atoms with Crippen LogP contribution in [0.4, 0.5) is 5.00 Å². The van der Waals surface area contributed by atoms with Crippen molar-refractivity contribution in [3.8, 4) is 5.75 Å². The van der Waals surface area contributed by atoms with Gasteiger partial charge in [0.2, 0.25) is 0 Å². The molecular weight excluding hydrogens is 451 g/mol. The van der Waals surface area contributed by atoms with Crippen LogP contribution >= 0.6 is 34.5 Å². The van der Waals surface area contributed by atoms with Crippen LogP contribution in [0.5, 0.6) is 5.75 Å². The van der Waals surface area contributed by atoms with Crippen LogP contribution in [0.1, 0.15) is 39.4 Å². The Morgan fingerprint density at radius 3 is 2.47 bits per heavy atom. The summed E-state index contributed by atoms with van der Waals surface area (Å²) >= 11 is 13.0. The van der Waals surface area contributed by atoms with Crippen LogP contribution in [-0.2, 0) is 9.53 Å². The van der Waals surface area contributed by atoms with Gasteiger partial charge in [0.1, 0.15) is 10.8 Å². The highest BCUT2D eigenvalue weighted by Gasteiger charge is 2.28. The summed E-state index contributed by atoms with van der Waals surface area (Å²) in [6.45, 7) is 5.02. The van der Waals surface area contributed by atoms with Gasteiger partial charge in [-0.15, -0.1) is 11.3 Å². The second-order valence-electron chi connectivity index (χ2n) is 6.50. The monoisotopic (exact) mass is 472 g/mol. The van der Waals surface area contributed by atoms with E-state index in [0.29, 0.717) is 21.2 Å². The molecule has 0 fully saturated rings. The third kappa shape index (κ3) is 5.44. The van der Waals surface area contributed by atoms with Crippen molar-refractivity contribution >= 4 is 57.3 Å². The second kappa shape index (κ2) is 10.1. The van der Waals surface area contributed by atoms with Gasteiger partial charge in [-0.25, -0.2) is 4.79 Å². The van der Waals surface area contributed by atoms with Crippen molar-refractivity contribution in [2.75, 3.05) is 26.0 Å². The highest BCUT2D eigenvalue weighted by molar-refractivity contribution is 7.18. The first-order chi connectivity index (χ1) is 14.1. The highest BCUT2D eigenvalue weighted by Crippen LogP contribution is 2.35. The zero-order valence-corrected chi connectivity index (χ0v) is 19.5. The van der Waals surface area contributed by atoms with Gasteiger partial charge in [0.05, 0.1) is 22.1 Å². The molecule has 1 aromatic heterocycles. The number of hydrogen-bond donors (Lipinski definition) is 1. The molecule has 0 radical (unpaired) electrons. The number of hydrogen-bond acceptors (Lipinski definition) is 6. The number of thiophene rings is 1. The maximum atomic E-state index is 12.7. The van der Waals surface area contributed by atoms with Crippen LogP contribution in [-0.4, -0.2) is 49.5 Å². The van der Waals surface area contributed by atoms with E-state index >= 15 is 0 Å². The number of carbonyl (C=O) groups is 3. The summed E-state index contributed by atoms with van der Waals surface area (Å²) in [6.07, 6.45) is -0.936. The fourth-order valence-corrected chi connectivity index (χ4v) is 4.16. The first kappa shape index (κ1) is 24.0. The molecule has 0 aliphatic heterocycles. The van der Waals surface area contributed by atoms with Gasteiger partial charge < -0.3 is 19.7 Å². The van der Waals surface area contributed by atoms with Gasteiger partial charge in [0.25, 0.3) is 11.8 Å². The third-order valence-electron chi connectivity index (χ3n) is 4.03. The number of carbonyl (C=O) groups excluding carboxylic acids is 3. The predicted molar refractivity (Wildman–Crippen MR) is 118 cm³/mol. The number of esters is 1. The molecule has 10 heteroatoms. The Morgan fingerprint density at radius 2 is 1.90 bits per heavy atom. The van der Waals surface area contributed by atoms with Gasteiger partial charge in [0, 0.05) is 19.1 Å². The fraction of sp³-hybridized carbons (Fsp3) is 0.350. The number of anilines is 1. The first-order valence-electron chi connectivity index (χ1n) is 9.01. The maximum Gasteiger partial charge on any atom is 0.341 e. The summed E-state index contributed by atoms with van der Waals surface area (Å²) in [4.78, 5) is 39.4. The van der Waals surface area contributed by atoms with Crippen molar-refractivity contribution in [3.05, 3.63) is 44.2 Å². The van der Waals surface area contributed by atoms with E-state index in [2.05, 4.69) is 5.32 Å². The van der Waals surface area contributed by atoms with E-state index < -0.39 is 18.0 Å². The lowest BCUT2D eigenvalue weighted by Crippen LogP contribution is -2.30. The summed E-state index contributed by atoms with van der Waals surface area (Å²) in [5.41, 5.74) is 0.596. The Hall–Kier alpha value is -2.29. The minimum atomic E-state index is -0.936. The summed E-state index contributed by atoms with van der Waals surface area (Å²) in [5.74, 6) is -1.12. The topological polar surface area (TPSA) is 84.9 Å². The molecule has 2 aromatic rings. The first-order valence-corrected chi connectivity index (χ1v) is 10.6. The molecule has 2 rings (SSSR count). The number of ether oxygens (including phenoxy) is 2. The molecule has 1 aromatic carbocycles. The van der Waals surface area contributed by atoms with E-state index in [4.69, 9.17) is 32.7 Å². The van der Waals surface area contributed by atoms with E-state index in [-0.39, 0.29) is 28.1 Å². The molecule has 0 saturated heterocycles. The maximum absolute atomic E-state index is 12.7. The molecule has 0 saturated carbocycles. The Kier molecular flexibility index (Phi) is 8.11. The number of rotatable bonds is 7. The molecule has 0 aliphatic rings. The van der Waals surface area contributed by atoms with Gasteiger partial charge in [-0.2, -0.15) is 0 Å². The van der Waals surface area contributed by atoms with Gasteiger partial charge in [-0.05, 0) is 44.5 Å². The van der Waals surface area contributed by atoms with Crippen molar-refractivity contribution in [1.29, 1.82) is 0 Å². The molecule has 2 amide bonds. The molecule has 0 spiro atoms. The Bertz CT molecular complexity index is 974. The summed E-state index contributed by atoms with van der Waals surface area (Å²) < 4.78 is 10.7.